The quantitative estimate of drug-likeness (QED) is 0.676. The summed E-state index contributed by atoms with van der Waals surface area (Å²) in [5.74, 6) is -1.15. The molecular formula is C8H7N3O3. The number of hydrogen-bond donors (Lipinski definition) is 1. The summed E-state index contributed by atoms with van der Waals surface area (Å²) in [5.41, 5.74) is -0.365. The van der Waals surface area contributed by atoms with Gasteiger partial charge in [0.05, 0.1) is 6.20 Å². The minimum atomic E-state index is -1.15. The molecule has 2 aromatic heterocycles. The predicted octanol–water partition coefficient (Wildman–Crippen LogP) is -0.269. The van der Waals surface area contributed by atoms with Crippen LogP contribution in [0.2, 0.25) is 0 Å². The van der Waals surface area contributed by atoms with Gasteiger partial charge in [-0.3, -0.25) is 4.79 Å². The molecule has 14 heavy (non-hydrogen) atoms. The largest absolute Gasteiger partial charge is 0.478 e. The molecule has 0 saturated heterocycles. The van der Waals surface area contributed by atoms with Gasteiger partial charge in [0.25, 0.3) is 5.56 Å². The van der Waals surface area contributed by atoms with Crippen molar-refractivity contribution >= 4 is 11.5 Å². The van der Waals surface area contributed by atoms with E-state index in [0.717, 1.165) is 0 Å². The Balaban J connectivity index is 2.96. The standard InChI is InChI=1S/C8H7N3O3/c1-10-2-3-11-6(7(10)12)5(4-9-11)8(13)14/h2-4H,1H3,(H,13,14). The number of rotatable bonds is 1. The Morgan fingerprint density at radius 3 is 2.86 bits per heavy atom. The van der Waals surface area contributed by atoms with Crippen LogP contribution in [0, 0.1) is 0 Å². The van der Waals surface area contributed by atoms with E-state index in [9.17, 15) is 9.59 Å². The molecule has 0 saturated carbocycles. The first-order valence-corrected chi connectivity index (χ1v) is 3.87. The number of hydrogen-bond acceptors (Lipinski definition) is 3. The van der Waals surface area contributed by atoms with E-state index in [1.807, 2.05) is 0 Å². The Morgan fingerprint density at radius 1 is 1.50 bits per heavy atom. The average Bonchev–Trinajstić information content (AvgIpc) is 2.55. The Labute approximate surface area is 78.0 Å². The lowest BCUT2D eigenvalue weighted by atomic mass is 10.3. The summed E-state index contributed by atoms with van der Waals surface area (Å²) in [6, 6.07) is 0. The van der Waals surface area contributed by atoms with E-state index in [1.165, 1.54) is 27.7 Å². The zero-order valence-electron chi connectivity index (χ0n) is 7.34. The molecule has 6 heteroatoms. The molecule has 1 N–H and O–H groups in total. The van der Waals surface area contributed by atoms with E-state index in [1.54, 1.807) is 7.05 Å². The maximum atomic E-state index is 11.6. The summed E-state index contributed by atoms with van der Waals surface area (Å²) < 4.78 is 2.56. The molecule has 2 heterocycles. The minimum absolute atomic E-state index is 0.0776. The number of fused-ring (bicyclic) bond motifs is 1. The Morgan fingerprint density at radius 2 is 2.21 bits per heavy atom. The number of aromatic nitrogens is 3. The van der Waals surface area contributed by atoms with Crippen molar-refractivity contribution in [1.29, 1.82) is 0 Å². The topological polar surface area (TPSA) is 76.6 Å². The van der Waals surface area contributed by atoms with Crippen LogP contribution in [0.5, 0.6) is 0 Å². The molecule has 0 bridgehead atoms. The Hall–Kier alpha value is -2.11. The lowest BCUT2D eigenvalue weighted by molar-refractivity contribution is 0.0699. The van der Waals surface area contributed by atoms with Crippen LogP contribution in [0.25, 0.3) is 5.52 Å². The van der Waals surface area contributed by atoms with Gasteiger partial charge >= 0.3 is 5.97 Å². The molecule has 0 unspecified atom stereocenters. The van der Waals surface area contributed by atoms with Gasteiger partial charge in [-0.25, -0.2) is 9.31 Å². The van der Waals surface area contributed by atoms with Crippen LogP contribution in [0.15, 0.2) is 23.4 Å². The lowest BCUT2D eigenvalue weighted by Gasteiger charge is -1.97. The third-order valence-corrected chi connectivity index (χ3v) is 1.98. The summed E-state index contributed by atoms with van der Waals surface area (Å²) in [5, 5.41) is 12.5. The number of carbonyl (C=O) groups is 1. The molecule has 2 aromatic rings. The Kier molecular flexibility index (Phi) is 1.63. The molecule has 0 aliphatic heterocycles. The second-order valence-corrected chi connectivity index (χ2v) is 2.87. The molecule has 0 radical (unpaired) electrons. The highest BCUT2D eigenvalue weighted by molar-refractivity contribution is 5.94. The number of aryl methyl sites for hydroxylation is 1. The van der Waals surface area contributed by atoms with Gasteiger partial charge in [-0.1, -0.05) is 0 Å². The van der Waals surface area contributed by atoms with Gasteiger partial charge in [0, 0.05) is 19.4 Å². The van der Waals surface area contributed by atoms with E-state index >= 15 is 0 Å². The molecule has 0 fully saturated rings. The van der Waals surface area contributed by atoms with Crippen molar-refractivity contribution in [2.24, 2.45) is 7.05 Å². The summed E-state index contributed by atoms with van der Waals surface area (Å²) in [4.78, 5) is 22.3. The normalized spacial score (nSPS) is 10.6. The first-order chi connectivity index (χ1) is 6.61. The number of carboxylic acids is 1. The van der Waals surface area contributed by atoms with Crippen molar-refractivity contribution in [3.8, 4) is 0 Å². The fourth-order valence-corrected chi connectivity index (χ4v) is 1.24. The van der Waals surface area contributed by atoms with Crippen LogP contribution in [0.4, 0.5) is 0 Å². The molecule has 72 valence electrons. The van der Waals surface area contributed by atoms with Crippen molar-refractivity contribution in [1.82, 2.24) is 14.2 Å². The molecule has 0 aliphatic carbocycles. The van der Waals surface area contributed by atoms with Gasteiger partial charge in [0.15, 0.2) is 0 Å². The molecule has 0 aliphatic rings. The third kappa shape index (κ3) is 1.00. The second-order valence-electron chi connectivity index (χ2n) is 2.87. The zero-order valence-corrected chi connectivity index (χ0v) is 7.34. The van der Waals surface area contributed by atoms with E-state index in [0.29, 0.717) is 0 Å². The summed E-state index contributed by atoms with van der Waals surface area (Å²) in [7, 11) is 1.56. The molecule has 0 amide bonds. The van der Waals surface area contributed by atoms with Crippen molar-refractivity contribution in [3.05, 3.63) is 34.5 Å². The van der Waals surface area contributed by atoms with E-state index < -0.39 is 5.97 Å². The van der Waals surface area contributed by atoms with Crippen LogP contribution in [0.1, 0.15) is 10.4 Å². The number of carboxylic acid groups (broad SMARTS) is 1. The summed E-state index contributed by atoms with van der Waals surface area (Å²) in [6.07, 6.45) is 4.22. The van der Waals surface area contributed by atoms with E-state index in [4.69, 9.17) is 5.11 Å². The maximum Gasteiger partial charge on any atom is 0.339 e. The first-order valence-electron chi connectivity index (χ1n) is 3.87. The minimum Gasteiger partial charge on any atom is -0.478 e. The summed E-state index contributed by atoms with van der Waals surface area (Å²) >= 11 is 0. The molecule has 0 spiro atoms. The SMILES string of the molecule is Cn1ccn2ncc(C(=O)O)c2c1=O. The van der Waals surface area contributed by atoms with Crippen LogP contribution in [-0.2, 0) is 7.05 Å². The molecule has 0 aromatic carbocycles. The second kappa shape index (κ2) is 2.69. The fourth-order valence-electron chi connectivity index (χ4n) is 1.24. The van der Waals surface area contributed by atoms with Crippen LogP contribution in [0.3, 0.4) is 0 Å². The van der Waals surface area contributed by atoms with Crippen molar-refractivity contribution in [3.63, 3.8) is 0 Å². The summed E-state index contributed by atoms with van der Waals surface area (Å²) in [6.45, 7) is 0. The fraction of sp³-hybridized carbons (Fsp3) is 0.125. The Bertz CT molecular complexity index is 567. The predicted molar refractivity (Wildman–Crippen MR) is 47.4 cm³/mol. The van der Waals surface area contributed by atoms with Gasteiger partial charge < -0.3 is 9.67 Å². The van der Waals surface area contributed by atoms with Gasteiger partial charge in [-0.15, -0.1) is 0 Å². The molecule has 0 atom stereocenters. The van der Waals surface area contributed by atoms with Crippen LogP contribution < -0.4 is 5.56 Å². The van der Waals surface area contributed by atoms with E-state index in [-0.39, 0.29) is 16.6 Å². The third-order valence-electron chi connectivity index (χ3n) is 1.98. The average molecular weight is 193 g/mol. The molecular weight excluding hydrogens is 186 g/mol. The van der Waals surface area contributed by atoms with Gasteiger partial charge in [-0.05, 0) is 0 Å². The zero-order chi connectivity index (χ0) is 10.3. The van der Waals surface area contributed by atoms with Crippen LogP contribution >= 0.6 is 0 Å². The lowest BCUT2D eigenvalue weighted by Crippen LogP contribution is -2.19. The highest BCUT2D eigenvalue weighted by atomic mass is 16.4. The van der Waals surface area contributed by atoms with E-state index in [2.05, 4.69) is 5.10 Å². The van der Waals surface area contributed by atoms with Crippen molar-refractivity contribution in [2.45, 2.75) is 0 Å². The first kappa shape index (κ1) is 8.49. The smallest absolute Gasteiger partial charge is 0.339 e. The van der Waals surface area contributed by atoms with Gasteiger partial charge in [0.2, 0.25) is 0 Å². The molecule has 6 nitrogen and oxygen atoms in total. The maximum absolute atomic E-state index is 11.6. The highest BCUT2D eigenvalue weighted by Crippen LogP contribution is 2.04. The number of aromatic carboxylic acids is 1. The highest BCUT2D eigenvalue weighted by Gasteiger charge is 2.14. The van der Waals surface area contributed by atoms with Crippen LogP contribution in [-0.4, -0.2) is 25.3 Å². The number of nitrogens with zero attached hydrogens (tertiary/aromatic N) is 3. The van der Waals surface area contributed by atoms with Gasteiger partial charge in [-0.2, -0.15) is 5.10 Å². The molecule has 2 rings (SSSR count). The monoisotopic (exact) mass is 193 g/mol. The van der Waals surface area contributed by atoms with Gasteiger partial charge in [0.1, 0.15) is 11.1 Å². The van der Waals surface area contributed by atoms with Crippen molar-refractivity contribution in [2.75, 3.05) is 0 Å². The van der Waals surface area contributed by atoms with Crippen molar-refractivity contribution < 1.29 is 9.90 Å².